The number of ether oxygens (including phenoxy) is 1. The molecule has 2 amide bonds. The average Bonchev–Trinajstić information content (AvgIpc) is 3.08. The number of carbonyl (C=O) groups excluding carboxylic acids is 4. The summed E-state index contributed by atoms with van der Waals surface area (Å²) >= 11 is 1.26. The van der Waals surface area contributed by atoms with Crippen LogP contribution in [0.15, 0.2) is 0 Å². The van der Waals surface area contributed by atoms with Crippen molar-refractivity contribution in [3.05, 3.63) is 0 Å². The van der Waals surface area contributed by atoms with Gasteiger partial charge in [0.1, 0.15) is 6.04 Å². The van der Waals surface area contributed by atoms with Crippen LogP contribution in [0.4, 0.5) is 0 Å². The summed E-state index contributed by atoms with van der Waals surface area (Å²) in [6.07, 6.45) is 1.81. The second kappa shape index (κ2) is 7.73. The topological polar surface area (TPSA) is 92.8 Å². The molecule has 2 heterocycles. The first kappa shape index (κ1) is 17.0. The number of hydrogen-bond acceptors (Lipinski definition) is 7. The zero-order valence-electron chi connectivity index (χ0n) is 12.5. The second-order valence-corrected chi connectivity index (χ2v) is 6.54. The Labute approximate surface area is 133 Å². The van der Waals surface area contributed by atoms with Crippen LogP contribution in [-0.4, -0.2) is 58.8 Å². The number of nitrogens with one attached hydrogen (secondary N) is 1. The Hall–Kier alpha value is -1.41. The fourth-order valence-corrected chi connectivity index (χ4v) is 3.62. The van der Waals surface area contributed by atoms with Gasteiger partial charge in [-0.05, 0) is 26.3 Å². The van der Waals surface area contributed by atoms with Gasteiger partial charge in [-0.3, -0.25) is 19.3 Å². The van der Waals surface area contributed by atoms with E-state index in [2.05, 4.69) is 5.32 Å². The van der Waals surface area contributed by atoms with Crippen LogP contribution < -0.4 is 5.32 Å². The number of thioether (sulfide) groups is 1. The van der Waals surface area contributed by atoms with Crippen LogP contribution in [0.3, 0.4) is 0 Å². The molecule has 0 spiro atoms. The lowest BCUT2D eigenvalue weighted by atomic mass is 10.2. The van der Waals surface area contributed by atoms with Crippen molar-refractivity contribution in [3.8, 4) is 0 Å². The predicted molar refractivity (Wildman–Crippen MR) is 80.0 cm³/mol. The maximum absolute atomic E-state index is 11.9. The summed E-state index contributed by atoms with van der Waals surface area (Å²) in [7, 11) is 0. The van der Waals surface area contributed by atoms with Crippen molar-refractivity contribution in [2.75, 3.05) is 18.8 Å². The van der Waals surface area contributed by atoms with E-state index in [4.69, 9.17) is 4.74 Å². The Kier molecular flexibility index (Phi) is 5.96. The van der Waals surface area contributed by atoms with E-state index in [0.29, 0.717) is 18.7 Å². The molecular formula is C14H20N2O5S. The molecule has 2 fully saturated rings. The fraction of sp³-hybridized carbons (Fsp3) is 0.714. The van der Waals surface area contributed by atoms with Crippen molar-refractivity contribution in [3.63, 3.8) is 0 Å². The molecule has 0 radical (unpaired) electrons. The standard InChI is InChI=1S/C14H20N2O5S/c1-2-16-11(17)8-10(13(16)19)22-7-5-12(18)21-14(20)9-4-3-6-15-9/h9-10,15H,2-8H2,1H3/t9-,10?/m0/s1. The SMILES string of the molecule is CCN1C(=O)CC(SCCC(=O)OC(=O)[C@@H]2CCCN2)C1=O. The van der Waals surface area contributed by atoms with Gasteiger partial charge >= 0.3 is 11.9 Å². The Bertz CT molecular complexity index is 476. The molecule has 0 aliphatic carbocycles. The summed E-state index contributed by atoms with van der Waals surface area (Å²) in [5, 5.41) is 2.54. The molecule has 2 aliphatic rings. The second-order valence-electron chi connectivity index (χ2n) is 5.23. The molecule has 0 aromatic carbocycles. The van der Waals surface area contributed by atoms with E-state index in [-0.39, 0.29) is 30.7 Å². The summed E-state index contributed by atoms with van der Waals surface area (Å²) in [6, 6.07) is -0.385. The molecule has 1 unspecified atom stereocenters. The summed E-state index contributed by atoms with van der Waals surface area (Å²) in [6.45, 7) is 2.89. The first-order chi connectivity index (χ1) is 10.5. The van der Waals surface area contributed by atoms with Crippen molar-refractivity contribution in [2.45, 2.75) is 43.9 Å². The quantitative estimate of drug-likeness (QED) is 0.419. The Morgan fingerprint density at radius 1 is 1.41 bits per heavy atom. The number of likely N-dealkylation sites (tertiary alicyclic amines) is 1. The van der Waals surface area contributed by atoms with Gasteiger partial charge in [-0.25, -0.2) is 4.79 Å². The maximum Gasteiger partial charge on any atom is 0.330 e. The largest absolute Gasteiger partial charge is 0.392 e. The lowest BCUT2D eigenvalue weighted by Gasteiger charge is -2.11. The molecule has 22 heavy (non-hydrogen) atoms. The normalized spacial score (nSPS) is 24.9. The molecular weight excluding hydrogens is 308 g/mol. The molecule has 1 N–H and O–H groups in total. The third-order valence-corrected chi connectivity index (χ3v) is 4.91. The fourth-order valence-electron chi connectivity index (χ4n) is 2.52. The molecule has 0 saturated carbocycles. The number of hydrogen-bond donors (Lipinski definition) is 1. The van der Waals surface area contributed by atoms with Crippen molar-refractivity contribution >= 4 is 35.5 Å². The number of rotatable bonds is 6. The molecule has 122 valence electrons. The number of carbonyl (C=O) groups is 4. The molecule has 8 heteroatoms. The summed E-state index contributed by atoms with van der Waals surface area (Å²) < 4.78 is 4.77. The minimum atomic E-state index is -0.588. The lowest BCUT2D eigenvalue weighted by Crippen LogP contribution is -2.34. The van der Waals surface area contributed by atoms with Crippen molar-refractivity contribution in [1.82, 2.24) is 10.2 Å². The predicted octanol–water partition coefficient (Wildman–Crippen LogP) is 0.0789. The minimum absolute atomic E-state index is 0.0488. The van der Waals surface area contributed by atoms with Gasteiger partial charge in [0.05, 0.1) is 11.7 Å². The van der Waals surface area contributed by atoms with E-state index in [9.17, 15) is 19.2 Å². The summed E-state index contributed by atoms with van der Waals surface area (Å²) in [4.78, 5) is 47.9. The van der Waals surface area contributed by atoms with E-state index in [1.54, 1.807) is 6.92 Å². The molecule has 0 aromatic rings. The van der Waals surface area contributed by atoms with Gasteiger partial charge < -0.3 is 10.1 Å². The van der Waals surface area contributed by atoms with Gasteiger partial charge in [0.15, 0.2) is 0 Å². The Morgan fingerprint density at radius 2 is 2.18 bits per heavy atom. The molecule has 2 aliphatic heterocycles. The number of esters is 2. The number of imide groups is 1. The molecule has 2 saturated heterocycles. The zero-order chi connectivity index (χ0) is 16.1. The van der Waals surface area contributed by atoms with E-state index < -0.39 is 17.2 Å². The monoisotopic (exact) mass is 328 g/mol. The molecule has 0 bridgehead atoms. The minimum Gasteiger partial charge on any atom is -0.392 e. The van der Waals surface area contributed by atoms with Gasteiger partial charge in [-0.15, -0.1) is 11.8 Å². The molecule has 2 atom stereocenters. The van der Waals surface area contributed by atoms with Crippen molar-refractivity contribution < 1.29 is 23.9 Å². The highest BCUT2D eigenvalue weighted by molar-refractivity contribution is 8.00. The Balaban J connectivity index is 1.68. The van der Waals surface area contributed by atoms with Crippen LogP contribution >= 0.6 is 11.8 Å². The van der Waals surface area contributed by atoms with Crippen LogP contribution in [0.5, 0.6) is 0 Å². The van der Waals surface area contributed by atoms with Gasteiger partial charge in [-0.1, -0.05) is 0 Å². The van der Waals surface area contributed by atoms with Gasteiger partial charge in [0.25, 0.3) is 0 Å². The van der Waals surface area contributed by atoms with E-state index >= 15 is 0 Å². The van der Waals surface area contributed by atoms with Crippen LogP contribution in [0.25, 0.3) is 0 Å². The van der Waals surface area contributed by atoms with Gasteiger partial charge in [-0.2, -0.15) is 0 Å². The van der Waals surface area contributed by atoms with Gasteiger partial charge in [0, 0.05) is 18.7 Å². The first-order valence-corrected chi connectivity index (χ1v) is 8.51. The first-order valence-electron chi connectivity index (χ1n) is 7.46. The highest BCUT2D eigenvalue weighted by atomic mass is 32.2. The highest BCUT2D eigenvalue weighted by Gasteiger charge is 2.37. The molecule has 0 aromatic heterocycles. The van der Waals surface area contributed by atoms with E-state index in [1.165, 1.54) is 16.7 Å². The lowest BCUT2D eigenvalue weighted by molar-refractivity contribution is -0.160. The van der Waals surface area contributed by atoms with Crippen LogP contribution in [0.1, 0.15) is 32.6 Å². The smallest absolute Gasteiger partial charge is 0.330 e. The average molecular weight is 328 g/mol. The summed E-state index contributed by atoms with van der Waals surface area (Å²) in [5.41, 5.74) is 0. The molecule has 2 rings (SSSR count). The maximum atomic E-state index is 11.9. The van der Waals surface area contributed by atoms with Crippen molar-refractivity contribution in [1.29, 1.82) is 0 Å². The third-order valence-electron chi connectivity index (χ3n) is 3.70. The van der Waals surface area contributed by atoms with Crippen molar-refractivity contribution in [2.24, 2.45) is 0 Å². The summed E-state index contributed by atoms with van der Waals surface area (Å²) in [5.74, 6) is -1.13. The van der Waals surface area contributed by atoms with Gasteiger partial charge in [0.2, 0.25) is 11.8 Å². The number of nitrogens with zero attached hydrogens (tertiary/aromatic N) is 1. The van der Waals surface area contributed by atoms with E-state index in [1.807, 2.05) is 0 Å². The zero-order valence-corrected chi connectivity index (χ0v) is 13.3. The van der Waals surface area contributed by atoms with E-state index in [0.717, 1.165) is 13.0 Å². The van der Waals surface area contributed by atoms with Crippen LogP contribution in [0, 0.1) is 0 Å². The number of amides is 2. The highest BCUT2D eigenvalue weighted by Crippen LogP contribution is 2.25. The third kappa shape index (κ3) is 4.07. The Morgan fingerprint density at radius 3 is 2.77 bits per heavy atom. The van der Waals surface area contributed by atoms with Crippen LogP contribution in [-0.2, 0) is 23.9 Å². The van der Waals surface area contributed by atoms with Crippen LogP contribution in [0.2, 0.25) is 0 Å². The molecule has 7 nitrogen and oxygen atoms in total.